The summed E-state index contributed by atoms with van der Waals surface area (Å²) in [6.07, 6.45) is 1.36. The molecule has 0 aliphatic heterocycles. The Bertz CT molecular complexity index is 892. The van der Waals surface area contributed by atoms with Crippen LogP contribution in [-0.2, 0) is 0 Å². The molecule has 0 saturated heterocycles. The number of nitrogens with one attached hydrogen (secondary N) is 2. The molecule has 0 fully saturated rings. The third-order valence-electron chi connectivity index (χ3n) is 3.24. The van der Waals surface area contributed by atoms with Crippen molar-refractivity contribution in [2.75, 3.05) is 0 Å². The lowest BCUT2D eigenvalue weighted by Crippen LogP contribution is -2.19. The fourth-order valence-electron chi connectivity index (χ4n) is 2.09. The maximum Gasteiger partial charge on any atom is 0.281 e. The molecule has 23 heavy (non-hydrogen) atoms. The van der Waals surface area contributed by atoms with Crippen molar-refractivity contribution in [2.24, 2.45) is 5.10 Å². The zero-order valence-electron chi connectivity index (χ0n) is 12.3. The fourth-order valence-corrected chi connectivity index (χ4v) is 2.70. The second-order valence-corrected chi connectivity index (χ2v) is 5.75. The van der Waals surface area contributed by atoms with Gasteiger partial charge in [-0.15, -0.1) is 11.3 Å². The Labute approximate surface area is 136 Å². The van der Waals surface area contributed by atoms with E-state index in [1.165, 1.54) is 22.2 Å². The van der Waals surface area contributed by atoms with Gasteiger partial charge in [0.05, 0.1) is 22.3 Å². The van der Waals surface area contributed by atoms with Crippen LogP contribution in [0.4, 0.5) is 0 Å². The number of amides is 1. The third kappa shape index (κ3) is 3.14. The molecule has 0 unspecified atom stereocenters. The van der Waals surface area contributed by atoms with E-state index in [1.807, 2.05) is 35.7 Å². The van der Waals surface area contributed by atoms with Gasteiger partial charge in [-0.3, -0.25) is 14.7 Å². The number of thiophene rings is 1. The van der Waals surface area contributed by atoms with E-state index in [0.29, 0.717) is 16.1 Å². The molecule has 1 amide bonds. The monoisotopic (exact) mass is 326 g/mol. The molecule has 2 aromatic heterocycles. The molecule has 0 aliphatic rings. The number of aromatic amines is 1. The van der Waals surface area contributed by atoms with Gasteiger partial charge in [-0.1, -0.05) is 24.3 Å². The summed E-state index contributed by atoms with van der Waals surface area (Å²) in [5.41, 5.74) is 4.01. The molecule has 2 N–H and O–H groups in total. The number of para-hydroxylation sites is 1. The molecule has 0 bridgehead atoms. The van der Waals surface area contributed by atoms with Crippen molar-refractivity contribution in [1.82, 2.24) is 15.2 Å². The number of aryl methyl sites for hydroxylation is 1. The van der Waals surface area contributed by atoms with Crippen LogP contribution in [0.1, 0.15) is 20.9 Å². The topological polar surface area (TPSA) is 79.2 Å². The molecule has 0 radical (unpaired) electrons. The average Bonchev–Trinajstić information content (AvgIpc) is 3.19. The van der Waals surface area contributed by atoms with E-state index in [-0.39, 0.29) is 11.5 Å². The first-order chi connectivity index (χ1) is 11.2. The normalized spacial score (nSPS) is 11.0. The van der Waals surface area contributed by atoms with Crippen molar-refractivity contribution in [2.45, 2.75) is 6.92 Å². The van der Waals surface area contributed by atoms with Crippen LogP contribution in [0.3, 0.4) is 0 Å². The number of benzene rings is 1. The minimum absolute atomic E-state index is 0.220. The minimum atomic E-state index is -0.298. The molecule has 0 saturated carbocycles. The summed E-state index contributed by atoms with van der Waals surface area (Å²) in [5, 5.41) is 8.69. The van der Waals surface area contributed by atoms with Gasteiger partial charge in [0, 0.05) is 5.69 Å². The number of carbonyl (C=O) groups excluding carboxylic acids is 1. The molecule has 0 atom stereocenters. The number of hydrogen-bond acceptors (Lipinski definition) is 4. The maximum atomic E-state index is 12.4. The Morgan fingerprint density at radius 1 is 1.26 bits per heavy atom. The number of H-pyrrole nitrogens is 1. The molecule has 116 valence electrons. The number of carbonyl (C=O) groups is 1. The molecule has 6 nitrogen and oxygen atoms in total. The smallest absolute Gasteiger partial charge is 0.281 e. The van der Waals surface area contributed by atoms with Crippen LogP contribution >= 0.6 is 11.3 Å². The first-order valence-electron chi connectivity index (χ1n) is 6.91. The summed E-state index contributed by atoms with van der Waals surface area (Å²) in [6.45, 7) is 1.78. The molecule has 3 rings (SSSR count). The number of hydrazone groups is 1. The van der Waals surface area contributed by atoms with E-state index in [9.17, 15) is 9.59 Å². The highest BCUT2D eigenvalue weighted by Gasteiger charge is 2.10. The molecule has 0 aliphatic carbocycles. The van der Waals surface area contributed by atoms with E-state index < -0.39 is 0 Å². The number of aromatic nitrogens is 2. The second kappa shape index (κ2) is 6.45. The van der Waals surface area contributed by atoms with Gasteiger partial charge < -0.3 is 0 Å². The third-order valence-corrected chi connectivity index (χ3v) is 4.10. The highest BCUT2D eigenvalue weighted by atomic mass is 32.1. The molecule has 1 aromatic carbocycles. The van der Waals surface area contributed by atoms with Crippen molar-refractivity contribution >= 4 is 23.5 Å². The minimum Gasteiger partial charge on any atom is -0.295 e. The summed E-state index contributed by atoms with van der Waals surface area (Å²) in [7, 11) is 0. The lowest BCUT2D eigenvalue weighted by Gasteiger charge is -1.99. The van der Waals surface area contributed by atoms with Crippen LogP contribution in [-0.4, -0.2) is 21.9 Å². The summed E-state index contributed by atoms with van der Waals surface area (Å²) in [6, 6.07) is 12.7. The lowest BCUT2D eigenvalue weighted by atomic mass is 10.3. The van der Waals surface area contributed by atoms with E-state index in [0.717, 1.165) is 5.69 Å². The lowest BCUT2D eigenvalue weighted by molar-refractivity contribution is 0.0959. The quantitative estimate of drug-likeness (QED) is 0.570. The summed E-state index contributed by atoms with van der Waals surface area (Å²) < 4.78 is 1.44. The predicted octanol–water partition coefficient (Wildman–Crippen LogP) is 2.30. The van der Waals surface area contributed by atoms with Gasteiger partial charge in [0.15, 0.2) is 0 Å². The van der Waals surface area contributed by atoms with Gasteiger partial charge >= 0.3 is 0 Å². The van der Waals surface area contributed by atoms with E-state index >= 15 is 0 Å². The Balaban J connectivity index is 1.81. The van der Waals surface area contributed by atoms with Crippen LogP contribution in [0.2, 0.25) is 0 Å². The van der Waals surface area contributed by atoms with E-state index in [2.05, 4.69) is 15.6 Å². The highest BCUT2D eigenvalue weighted by molar-refractivity contribution is 7.12. The molecular formula is C16H14N4O2S. The predicted molar refractivity (Wildman–Crippen MR) is 90.5 cm³/mol. The van der Waals surface area contributed by atoms with Crippen molar-refractivity contribution in [3.8, 4) is 5.69 Å². The van der Waals surface area contributed by atoms with Crippen molar-refractivity contribution in [3.05, 3.63) is 74.3 Å². The molecular weight excluding hydrogens is 312 g/mol. The van der Waals surface area contributed by atoms with Crippen molar-refractivity contribution < 1.29 is 4.79 Å². The van der Waals surface area contributed by atoms with Gasteiger partial charge in [-0.2, -0.15) is 5.10 Å². The van der Waals surface area contributed by atoms with Crippen LogP contribution < -0.4 is 11.0 Å². The number of rotatable bonds is 4. The first kappa shape index (κ1) is 15.0. The largest absolute Gasteiger partial charge is 0.295 e. The standard InChI is InChI=1S/C16H14N4O2S/c1-11-13(10-17-18-15(21)14-8-5-9-23-14)16(22)20(19-11)12-6-3-2-4-7-12/h2-10,19H,1H3,(H,18,21)/b17-10+. The SMILES string of the molecule is Cc1[nH]n(-c2ccccc2)c(=O)c1/C=N/NC(=O)c1cccs1. The average molecular weight is 326 g/mol. The van der Waals surface area contributed by atoms with Gasteiger partial charge in [0.2, 0.25) is 0 Å². The molecule has 0 spiro atoms. The van der Waals surface area contributed by atoms with Crippen LogP contribution in [0.25, 0.3) is 5.69 Å². The summed E-state index contributed by atoms with van der Waals surface area (Å²) >= 11 is 1.33. The Morgan fingerprint density at radius 3 is 2.74 bits per heavy atom. The zero-order chi connectivity index (χ0) is 16.2. The van der Waals surface area contributed by atoms with Crippen molar-refractivity contribution in [1.29, 1.82) is 0 Å². The van der Waals surface area contributed by atoms with Crippen LogP contribution in [0.15, 0.2) is 57.7 Å². The second-order valence-electron chi connectivity index (χ2n) is 4.80. The number of hydrogen-bond donors (Lipinski definition) is 2. The van der Waals surface area contributed by atoms with Gasteiger partial charge in [-0.05, 0) is 30.5 Å². The molecule has 7 heteroatoms. The van der Waals surface area contributed by atoms with Gasteiger partial charge in [-0.25, -0.2) is 10.1 Å². The molecule has 3 aromatic rings. The zero-order valence-corrected chi connectivity index (χ0v) is 13.1. The van der Waals surface area contributed by atoms with E-state index in [4.69, 9.17) is 0 Å². The Hall–Kier alpha value is -2.93. The van der Waals surface area contributed by atoms with E-state index in [1.54, 1.807) is 19.1 Å². The fraction of sp³-hybridized carbons (Fsp3) is 0.0625. The van der Waals surface area contributed by atoms with Crippen LogP contribution in [0.5, 0.6) is 0 Å². The highest BCUT2D eigenvalue weighted by Crippen LogP contribution is 2.08. The number of nitrogens with zero attached hydrogens (tertiary/aromatic N) is 2. The van der Waals surface area contributed by atoms with Gasteiger partial charge in [0.25, 0.3) is 11.5 Å². The Morgan fingerprint density at radius 2 is 2.04 bits per heavy atom. The Kier molecular flexibility index (Phi) is 4.20. The maximum absolute atomic E-state index is 12.4. The summed E-state index contributed by atoms with van der Waals surface area (Å²) in [5.74, 6) is -0.298. The summed E-state index contributed by atoms with van der Waals surface area (Å²) in [4.78, 5) is 24.8. The van der Waals surface area contributed by atoms with Crippen molar-refractivity contribution in [3.63, 3.8) is 0 Å². The van der Waals surface area contributed by atoms with Crippen LogP contribution in [0, 0.1) is 6.92 Å². The van der Waals surface area contributed by atoms with Gasteiger partial charge in [0.1, 0.15) is 0 Å². The first-order valence-corrected chi connectivity index (χ1v) is 7.79. The molecule has 2 heterocycles.